The molecule has 3 saturated carbocycles. The van der Waals surface area contributed by atoms with Crippen molar-refractivity contribution in [1.29, 1.82) is 0 Å². The molecule has 0 spiro atoms. The van der Waals surface area contributed by atoms with Crippen molar-refractivity contribution in [1.82, 2.24) is 5.32 Å². The second-order valence-electron chi connectivity index (χ2n) is 17.7. The maximum absolute atomic E-state index is 15.5. The number of hydrogen-bond donors (Lipinski definition) is 4. The molecule has 7 rings (SSSR count). The fourth-order valence-electron chi connectivity index (χ4n) is 10.3. The molecule has 15 nitrogen and oxygen atoms in total. The van der Waals surface area contributed by atoms with Crippen LogP contribution in [0.3, 0.4) is 0 Å². The molecule has 1 amide bonds. The van der Waals surface area contributed by atoms with Crippen molar-refractivity contribution < 1.29 is 67.8 Å². The summed E-state index contributed by atoms with van der Waals surface area (Å²) >= 11 is 0. The highest BCUT2D eigenvalue weighted by atomic mass is 16.6. The van der Waals surface area contributed by atoms with Crippen molar-refractivity contribution in [2.24, 2.45) is 22.7 Å². The summed E-state index contributed by atoms with van der Waals surface area (Å²) in [7, 11) is 0. The summed E-state index contributed by atoms with van der Waals surface area (Å²) in [5.41, 5.74) is -7.08. The lowest BCUT2D eigenvalue weighted by Gasteiger charge is -2.67. The van der Waals surface area contributed by atoms with Gasteiger partial charge < -0.3 is 44.3 Å². The number of hydrogen-bond acceptors (Lipinski definition) is 14. The molecule has 0 unspecified atom stereocenters. The minimum atomic E-state index is -2.37. The Hall–Kier alpha value is -4.96. The zero-order valence-electron chi connectivity index (χ0n) is 34.5. The molecule has 1 heterocycles. The number of ketones is 1. The normalized spacial score (nSPS) is 34.0. The van der Waals surface area contributed by atoms with Gasteiger partial charge in [0.05, 0.1) is 35.6 Å². The molecule has 2 aromatic carbocycles. The van der Waals surface area contributed by atoms with Gasteiger partial charge in [-0.15, -0.1) is 0 Å². The quantitative estimate of drug-likeness (QED) is 0.154. The summed E-state index contributed by atoms with van der Waals surface area (Å²) in [5.74, 6) is -6.75. The lowest BCUT2D eigenvalue weighted by atomic mass is 9.44. The standard InChI is InChI=1S/C45H53NO14/c1-23-29(58-41(54)34(50)33(26-14-9-7-10-15-26)46-39(52)27-18-13-19-27)21-45(55)38(59-40(53)28-16-11-8-12-17-28)36-43(6,30(49)20-31-44(36,22-56-31)60-25(3)48)37(51)35(57-24(2)47)32(23)42(45,4)5/h7-12,14-17,27,29-31,33-36,38,49-50,55H,13,18-22H2,1-6H3,(H,46,52)/t29-,30-,31+,33-,34+,35+,36-,38-,43+,44-,45+/m0/s1. The zero-order valence-corrected chi connectivity index (χ0v) is 34.5. The first kappa shape index (κ1) is 43.1. The van der Waals surface area contributed by atoms with Crippen LogP contribution in [0.25, 0.3) is 0 Å². The van der Waals surface area contributed by atoms with E-state index in [4.69, 9.17) is 23.7 Å². The molecule has 5 aliphatic rings. The molecular formula is C45H53NO14. The highest BCUT2D eigenvalue weighted by molar-refractivity contribution is 5.95. The van der Waals surface area contributed by atoms with Crippen molar-refractivity contribution in [2.75, 3.05) is 6.61 Å². The van der Waals surface area contributed by atoms with Gasteiger partial charge in [-0.2, -0.15) is 0 Å². The molecular weight excluding hydrogens is 778 g/mol. The van der Waals surface area contributed by atoms with Crippen LogP contribution in [0, 0.1) is 22.7 Å². The average Bonchev–Trinajstić information content (AvgIpc) is 3.17. The van der Waals surface area contributed by atoms with Gasteiger partial charge in [0.1, 0.15) is 23.9 Å². The number of nitrogens with one attached hydrogen (secondary N) is 1. The van der Waals surface area contributed by atoms with Crippen LogP contribution in [0.15, 0.2) is 71.8 Å². The van der Waals surface area contributed by atoms with Crippen LogP contribution < -0.4 is 5.32 Å². The van der Waals surface area contributed by atoms with E-state index in [-0.39, 0.29) is 41.6 Å². The van der Waals surface area contributed by atoms with Crippen molar-refractivity contribution in [3.63, 3.8) is 0 Å². The van der Waals surface area contributed by atoms with Gasteiger partial charge in [0.2, 0.25) is 5.91 Å². The summed E-state index contributed by atoms with van der Waals surface area (Å²) in [5, 5.41) is 40.2. The van der Waals surface area contributed by atoms with Gasteiger partial charge in [0.25, 0.3) is 0 Å². The van der Waals surface area contributed by atoms with Crippen LogP contribution in [0.5, 0.6) is 0 Å². The average molecular weight is 832 g/mol. The zero-order chi connectivity index (χ0) is 43.5. The smallest absolute Gasteiger partial charge is 0.338 e. The number of esters is 4. The first-order chi connectivity index (χ1) is 28.3. The number of Topliss-reactive ketones (excluding diaryl/α,β-unsaturated/α-hetero) is 1. The predicted molar refractivity (Wildman–Crippen MR) is 209 cm³/mol. The first-order valence-corrected chi connectivity index (χ1v) is 20.4. The largest absolute Gasteiger partial charge is 0.456 e. The predicted octanol–water partition coefficient (Wildman–Crippen LogP) is 3.22. The highest BCUT2D eigenvalue weighted by Crippen LogP contribution is 2.64. The van der Waals surface area contributed by atoms with E-state index in [0.717, 1.165) is 20.3 Å². The Labute approximate surface area is 347 Å². The molecule has 0 aromatic heterocycles. The molecule has 4 aliphatic carbocycles. The number of carbonyl (C=O) groups is 6. The number of ether oxygens (including phenoxy) is 5. The molecule has 11 atom stereocenters. The fourth-order valence-corrected chi connectivity index (χ4v) is 10.3. The molecule has 1 saturated heterocycles. The van der Waals surface area contributed by atoms with Gasteiger partial charge in [-0.1, -0.05) is 68.8 Å². The Morgan fingerprint density at radius 2 is 1.53 bits per heavy atom. The van der Waals surface area contributed by atoms with Gasteiger partial charge in [-0.3, -0.25) is 19.2 Å². The molecule has 4 N–H and O–H groups in total. The minimum absolute atomic E-state index is 0.0165. The highest BCUT2D eigenvalue weighted by Gasteiger charge is 2.78. The van der Waals surface area contributed by atoms with Crippen molar-refractivity contribution in [3.05, 3.63) is 82.9 Å². The molecule has 2 aromatic rings. The Morgan fingerprint density at radius 3 is 2.08 bits per heavy atom. The van der Waals surface area contributed by atoms with Crippen molar-refractivity contribution in [3.8, 4) is 0 Å². The van der Waals surface area contributed by atoms with E-state index < -0.39 is 107 Å². The number of rotatable bonds is 10. The number of aliphatic hydroxyl groups is 3. The van der Waals surface area contributed by atoms with Gasteiger partial charge in [0.15, 0.2) is 23.6 Å². The molecule has 2 bridgehead atoms. The van der Waals surface area contributed by atoms with Gasteiger partial charge >= 0.3 is 23.9 Å². The third-order valence-electron chi connectivity index (χ3n) is 13.9. The summed E-state index contributed by atoms with van der Waals surface area (Å²) < 4.78 is 30.3. The maximum atomic E-state index is 15.5. The van der Waals surface area contributed by atoms with Crippen LogP contribution in [0.4, 0.5) is 0 Å². The number of fused-ring (bicyclic) bond motifs is 5. The summed E-state index contributed by atoms with van der Waals surface area (Å²) in [6.07, 6.45) is -8.09. The lowest BCUT2D eigenvalue weighted by Crippen LogP contribution is -2.82. The van der Waals surface area contributed by atoms with Crippen LogP contribution >= 0.6 is 0 Å². The van der Waals surface area contributed by atoms with E-state index in [0.29, 0.717) is 18.4 Å². The topological polar surface area (TPSA) is 221 Å². The third kappa shape index (κ3) is 6.92. The van der Waals surface area contributed by atoms with E-state index >= 15 is 4.79 Å². The SMILES string of the molecule is CC(=O)O[C@H]1C(=O)[C@@]2(C)[C@H]([C@H](OC(=O)c3ccccc3)[C@]3(O)C[C@H](OC(=O)[C@H](O)[C@@H](NC(=O)C4CCC4)c4ccccc4)C(C)=C1C3(C)C)[C@]1(OC(C)=O)CO[C@@H]1C[C@@H]2O. The van der Waals surface area contributed by atoms with Gasteiger partial charge in [-0.05, 0) is 55.5 Å². The summed E-state index contributed by atoms with van der Waals surface area (Å²) in [4.78, 5) is 83.0. The fraction of sp³-hybridized carbons (Fsp3) is 0.556. The van der Waals surface area contributed by atoms with Crippen LogP contribution in [-0.2, 0) is 47.7 Å². The second kappa shape index (κ2) is 15.8. The first-order valence-electron chi connectivity index (χ1n) is 20.4. The van der Waals surface area contributed by atoms with E-state index in [2.05, 4.69) is 5.32 Å². The number of carbonyl (C=O) groups excluding carboxylic acids is 6. The molecule has 60 heavy (non-hydrogen) atoms. The Bertz CT molecular complexity index is 2080. The van der Waals surface area contributed by atoms with Gasteiger partial charge in [-0.25, -0.2) is 9.59 Å². The Kier molecular flexibility index (Phi) is 11.4. The number of benzene rings is 2. The van der Waals surface area contributed by atoms with E-state index in [9.17, 15) is 39.3 Å². The van der Waals surface area contributed by atoms with E-state index in [1.165, 1.54) is 26.0 Å². The Morgan fingerprint density at radius 1 is 0.900 bits per heavy atom. The van der Waals surface area contributed by atoms with Gasteiger partial charge in [0, 0.05) is 38.0 Å². The monoisotopic (exact) mass is 831 g/mol. The Balaban J connectivity index is 1.39. The van der Waals surface area contributed by atoms with E-state index in [1.807, 2.05) is 0 Å². The molecule has 322 valence electrons. The van der Waals surface area contributed by atoms with Crippen molar-refractivity contribution >= 4 is 35.6 Å². The molecule has 0 radical (unpaired) electrons. The second-order valence-corrected chi connectivity index (χ2v) is 17.7. The van der Waals surface area contributed by atoms with Crippen LogP contribution in [0.1, 0.15) is 95.6 Å². The lowest BCUT2D eigenvalue weighted by molar-refractivity contribution is -0.346. The summed E-state index contributed by atoms with van der Waals surface area (Å²) in [6, 6.07) is 15.1. The summed E-state index contributed by atoms with van der Waals surface area (Å²) in [6.45, 7) is 8.05. The van der Waals surface area contributed by atoms with Crippen LogP contribution in [0.2, 0.25) is 0 Å². The molecule has 15 heteroatoms. The molecule has 1 aliphatic heterocycles. The minimum Gasteiger partial charge on any atom is -0.456 e. The van der Waals surface area contributed by atoms with Crippen LogP contribution in [-0.4, -0.2) is 105 Å². The maximum Gasteiger partial charge on any atom is 0.338 e. The number of amides is 1. The third-order valence-corrected chi connectivity index (χ3v) is 13.9. The molecule has 4 fully saturated rings. The van der Waals surface area contributed by atoms with Crippen molar-refractivity contribution in [2.45, 2.75) is 128 Å². The number of aliphatic hydroxyl groups excluding tert-OH is 2. The van der Waals surface area contributed by atoms with E-state index in [1.54, 1.807) is 62.4 Å².